The molecule has 0 unspecified atom stereocenters. The Kier molecular flexibility index (Phi) is 18.7. The van der Waals surface area contributed by atoms with Crippen LogP contribution in [0.4, 0.5) is 0 Å². The molecule has 2 aromatic carbocycles. The Bertz CT molecular complexity index is 1770. The number of esters is 2. The van der Waals surface area contributed by atoms with E-state index in [2.05, 4.69) is 200 Å². The van der Waals surface area contributed by atoms with Crippen LogP contribution in [0.15, 0.2) is 32.3 Å². The van der Waals surface area contributed by atoms with E-state index in [4.69, 9.17) is 9.47 Å². The molecule has 4 nitrogen and oxygen atoms in total. The predicted octanol–water partition coefficient (Wildman–Crippen LogP) is 12.5. The molecule has 0 bridgehead atoms. The molecule has 0 N–H and O–H groups in total. The number of carbonyl (C=O) groups excluding carboxylic acids is 2. The maximum absolute atomic E-state index is 15.1. The fourth-order valence-electron chi connectivity index (χ4n) is 11.6. The number of carbonyl (C=O) groups is 2. The zero-order valence-corrected chi connectivity index (χ0v) is 53.9. The molecule has 0 saturated carbocycles. The average molecular weight is 1100 g/mol. The third kappa shape index (κ3) is 13.0. The van der Waals surface area contributed by atoms with Gasteiger partial charge in [-0.2, -0.15) is 0 Å². The van der Waals surface area contributed by atoms with Gasteiger partial charge in [-0.25, -0.2) is 0 Å². The van der Waals surface area contributed by atoms with Crippen LogP contribution in [0.1, 0.15) is 108 Å². The third-order valence-corrected chi connectivity index (χ3v) is 50.9. The van der Waals surface area contributed by atoms with Crippen LogP contribution < -0.4 is 7.16 Å². The standard InChI is InChI=1S/C27H59Si6.C15H23.C6H6O4Se.Sn/c1-28(2,3)25(29(4,5)6)22-19-23(26(30(7,8)9)31(10,11)12)21-24(20-22)27(32(13,14)15)33(16,17)18;1-10(2)13-7-14(11(3)4)9-15(8-13)12(5)6;1-9-5(7)3-4(11)6(8)10-2;/h19-20,25-27H,1-18H3;7-8,10-12H,1-6H3;1-2H3;. The second kappa shape index (κ2) is 20.1. The molecule has 0 aliphatic carbocycles. The quantitative estimate of drug-likeness (QED) is 0.0900. The summed E-state index contributed by atoms with van der Waals surface area (Å²) in [7, 11) is -8.37. The van der Waals surface area contributed by atoms with Gasteiger partial charge in [-0.15, -0.1) is 0 Å². The summed E-state index contributed by atoms with van der Waals surface area (Å²) in [5.74, 6) is -0.118. The van der Waals surface area contributed by atoms with E-state index in [9.17, 15) is 4.79 Å². The maximum atomic E-state index is 15.1. The van der Waals surface area contributed by atoms with Gasteiger partial charge in [0.05, 0.1) is 0 Å². The first-order chi connectivity index (χ1) is 26.8. The van der Waals surface area contributed by atoms with E-state index in [0.717, 1.165) is 0 Å². The monoisotopic (exact) mass is 1100 g/mol. The number of methoxy groups -OCH3 is 2. The molecule has 0 spiro atoms. The van der Waals surface area contributed by atoms with Gasteiger partial charge in [0.1, 0.15) is 0 Å². The van der Waals surface area contributed by atoms with E-state index in [-0.39, 0.29) is 17.8 Å². The second-order valence-electron chi connectivity index (χ2n) is 25.2. The summed E-state index contributed by atoms with van der Waals surface area (Å²) >= 11 is -0.753. The van der Waals surface area contributed by atoms with Gasteiger partial charge in [-0.05, 0) is 0 Å². The van der Waals surface area contributed by atoms with Gasteiger partial charge in [-0.1, -0.05) is 0 Å². The van der Waals surface area contributed by atoms with E-state index < -0.39 is 74.2 Å². The van der Waals surface area contributed by atoms with E-state index in [1.807, 2.05) is 0 Å². The fraction of sp³-hybridized carbons (Fsp3) is 0.667. The molecule has 0 heterocycles. The molecular weight excluding hydrogens is 1010 g/mol. The number of ether oxygens (including phenoxy) is 2. The summed E-state index contributed by atoms with van der Waals surface area (Å²) < 4.78 is 15.2. The first-order valence-electron chi connectivity index (χ1n) is 22.6. The predicted molar refractivity (Wildman–Crippen MR) is 285 cm³/mol. The Morgan fingerprint density at radius 3 is 0.983 bits per heavy atom. The van der Waals surface area contributed by atoms with Crippen molar-refractivity contribution in [3.05, 3.63) is 65.7 Å². The number of benzene rings is 2. The van der Waals surface area contributed by atoms with Crippen LogP contribution in [-0.4, -0.2) is 110 Å². The van der Waals surface area contributed by atoms with Crippen molar-refractivity contribution in [1.82, 2.24) is 0 Å². The molecular formula is C48H88O4SeSi6Sn. The molecule has 0 aliphatic heterocycles. The number of hydrogen-bond donors (Lipinski definition) is 0. The van der Waals surface area contributed by atoms with Crippen LogP contribution in [0.25, 0.3) is 0 Å². The van der Waals surface area contributed by atoms with Crippen molar-refractivity contribution in [2.24, 2.45) is 0 Å². The normalized spacial score (nSPS) is 14.3. The van der Waals surface area contributed by atoms with Crippen LogP contribution >= 0.6 is 0 Å². The van der Waals surface area contributed by atoms with E-state index in [1.165, 1.54) is 49.2 Å². The Morgan fingerprint density at radius 1 is 0.450 bits per heavy atom. The molecule has 2 aromatic rings. The summed E-state index contributed by atoms with van der Waals surface area (Å²) in [6, 6.07) is 10.4. The SMILES string of the molecule is COC(=O)/C([Se])=[C](\C(=O)OC)[Sn]([c]1c(C(C)C)cc(C(C)C)cc1C(C)C)[c]1c(C([Si](C)(C)C)[Si](C)(C)C)cc(C([Si](C)(C)C)[Si](C)(C)C)cc1C([Si](C)(C)C)[Si](C)(C)C. The van der Waals surface area contributed by atoms with Gasteiger partial charge >= 0.3 is 395 Å². The van der Waals surface area contributed by atoms with Gasteiger partial charge in [0.25, 0.3) is 0 Å². The number of rotatable bonds is 17. The van der Waals surface area contributed by atoms with E-state index >= 15 is 4.79 Å². The molecule has 2 radical (unpaired) electrons. The first-order valence-corrected chi connectivity index (χ1v) is 49.2. The summed E-state index contributed by atoms with van der Waals surface area (Å²) in [6.45, 7) is 60.6. The van der Waals surface area contributed by atoms with Gasteiger partial charge in [0.2, 0.25) is 0 Å². The molecule has 12 heteroatoms. The molecule has 0 fully saturated rings. The van der Waals surface area contributed by atoms with Crippen molar-refractivity contribution < 1.29 is 19.1 Å². The molecule has 0 saturated heterocycles. The molecule has 0 aliphatic rings. The Hall–Kier alpha value is -0.261. The zero-order valence-electron chi connectivity index (χ0n) is 43.3. The second-order valence-corrected chi connectivity index (χ2v) is 66.0. The summed E-state index contributed by atoms with van der Waals surface area (Å²) in [4.78, 5) is 29.2. The molecule has 0 aromatic heterocycles. The molecule has 338 valence electrons. The van der Waals surface area contributed by atoms with Crippen LogP contribution in [0.2, 0.25) is 118 Å². The summed E-state index contributed by atoms with van der Waals surface area (Å²) in [6.07, 6.45) is 0. The Morgan fingerprint density at radius 2 is 0.733 bits per heavy atom. The molecule has 0 atom stereocenters. The van der Waals surface area contributed by atoms with E-state index in [0.29, 0.717) is 29.5 Å². The van der Waals surface area contributed by atoms with Crippen molar-refractivity contribution in [2.45, 2.75) is 193 Å². The average Bonchev–Trinajstić information content (AvgIpc) is 3.01. The van der Waals surface area contributed by atoms with E-state index in [1.54, 1.807) is 5.56 Å². The minimum absolute atomic E-state index is 0.206. The van der Waals surface area contributed by atoms with Crippen molar-refractivity contribution in [3.8, 4) is 0 Å². The summed E-state index contributed by atoms with van der Waals surface area (Å²) in [5, 5.41) is 1.40. The molecule has 60 heavy (non-hydrogen) atoms. The Balaban J connectivity index is 4.07. The van der Waals surface area contributed by atoms with Gasteiger partial charge in [0, 0.05) is 0 Å². The Labute approximate surface area is 391 Å². The van der Waals surface area contributed by atoms with Crippen molar-refractivity contribution in [2.75, 3.05) is 14.2 Å². The first kappa shape index (κ1) is 55.9. The third-order valence-electron chi connectivity index (χ3n) is 12.2. The van der Waals surface area contributed by atoms with Gasteiger partial charge in [-0.3, -0.25) is 0 Å². The van der Waals surface area contributed by atoms with Crippen LogP contribution in [0, 0.1) is 0 Å². The fourth-order valence-corrected chi connectivity index (χ4v) is 63.7. The van der Waals surface area contributed by atoms with Gasteiger partial charge < -0.3 is 0 Å². The van der Waals surface area contributed by atoms with Crippen LogP contribution in [0.3, 0.4) is 0 Å². The molecule has 2 rings (SSSR count). The van der Waals surface area contributed by atoms with Crippen LogP contribution in [-0.2, 0) is 19.1 Å². The number of hydrogen-bond acceptors (Lipinski definition) is 4. The van der Waals surface area contributed by atoms with Crippen molar-refractivity contribution in [3.63, 3.8) is 0 Å². The summed E-state index contributed by atoms with van der Waals surface area (Å²) in [5.41, 5.74) is 8.63. The van der Waals surface area contributed by atoms with Gasteiger partial charge in [0.15, 0.2) is 0 Å². The topological polar surface area (TPSA) is 52.6 Å². The minimum atomic E-state index is -3.93. The van der Waals surface area contributed by atoms with Crippen LogP contribution in [0.5, 0.6) is 0 Å². The van der Waals surface area contributed by atoms with Crippen molar-refractivity contribution >= 4 is 103 Å². The zero-order chi connectivity index (χ0) is 47.2. The molecule has 0 amide bonds. The van der Waals surface area contributed by atoms with Crippen molar-refractivity contribution in [1.29, 1.82) is 0 Å².